The van der Waals surface area contributed by atoms with E-state index in [0.29, 0.717) is 18.8 Å². The lowest BCUT2D eigenvalue weighted by atomic mass is 10.2. The molecule has 0 saturated heterocycles. The molecule has 0 aliphatic carbocycles. The van der Waals surface area contributed by atoms with E-state index < -0.39 is 0 Å². The molecule has 112 valence electrons. The van der Waals surface area contributed by atoms with Crippen LogP contribution < -0.4 is 5.32 Å². The maximum Gasteiger partial charge on any atom is 0.227 e. The van der Waals surface area contributed by atoms with Gasteiger partial charge < -0.3 is 9.88 Å². The molecule has 1 N–H and O–H groups in total. The minimum Gasteiger partial charge on any atom is -0.347 e. The van der Waals surface area contributed by atoms with Crippen LogP contribution in [0.1, 0.15) is 12.1 Å². The standard InChI is InChI=1S/C17H16FN3O/c1-12-3-2-4-16(19-12)20-17(22)8-10-21-9-7-13-5-6-14(18)11-15(13)21/h2-7,9,11H,8,10H2,1H3,(H,19,20,22). The predicted octanol–water partition coefficient (Wildman–Crippen LogP) is 3.51. The van der Waals surface area contributed by atoms with Gasteiger partial charge in [0.15, 0.2) is 0 Å². The van der Waals surface area contributed by atoms with Crippen molar-refractivity contribution in [2.45, 2.75) is 19.9 Å². The highest BCUT2D eigenvalue weighted by molar-refractivity contribution is 5.89. The molecule has 0 radical (unpaired) electrons. The molecule has 0 aliphatic heterocycles. The van der Waals surface area contributed by atoms with Gasteiger partial charge in [-0.3, -0.25) is 4.79 Å². The molecule has 2 heterocycles. The maximum absolute atomic E-state index is 13.3. The molecule has 0 saturated carbocycles. The number of nitrogens with one attached hydrogen (secondary N) is 1. The van der Waals surface area contributed by atoms with Gasteiger partial charge in [0.2, 0.25) is 5.91 Å². The van der Waals surface area contributed by atoms with Crippen LogP contribution in [0.3, 0.4) is 0 Å². The molecule has 1 amide bonds. The number of halogens is 1. The second-order valence-electron chi connectivity index (χ2n) is 5.17. The Hall–Kier alpha value is -2.69. The fourth-order valence-corrected chi connectivity index (χ4v) is 2.39. The number of nitrogens with zero attached hydrogens (tertiary/aromatic N) is 2. The third-order valence-electron chi connectivity index (χ3n) is 3.47. The number of pyridine rings is 1. The van der Waals surface area contributed by atoms with Gasteiger partial charge in [0.1, 0.15) is 11.6 Å². The van der Waals surface area contributed by atoms with E-state index in [-0.39, 0.29) is 11.7 Å². The van der Waals surface area contributed by atoms with Crippen LogP contribution in [0.4, 0.5) is 10.2 Å². The highest BCUT2D eigenvalue weighted by Crippen LogP contribution is 2.17. The van der Waals surface area contributed by atoms with E-state index in [1.807, 2.05) is 35.9 Å². The summed E-state index contributed by atoms with van der Waals surface area (Å²) in [5.74, 6) is 0.158. The number of benzene rings is 1. The Morgan fingerprint density at radius 2 is 2.14 bits per heavy atom. The number of anilines is 1. The van der Waals surface area contributed by atoms with E-state index in [0.717, 1.165) is 16.6 Å². The summed E-state index contributed by atoms with van der Waals surface area (Å²) in [5.41, 5.74) is 1.64. The van der Waals surface area contributed by atoms with Gasteiger partial charge in [-0.1, -0.05) is 6.07 Å². The topological polar surface area (TPSA) is 46.9 Å². The molecule has 2 aromatic heterocycles. The van der Waals surface area contributed by atoms with E-state index in [2.05, 4.69) is 10.3 Å². The zero-order chi connectivity index (χ0) is 15.5. The van der Waals surface area contributed by atoms with Crippen molar-refractivity contribution in [3.8, 4) is 0 Å². The quantitative estimate of drug-likeness (QED) is 0.801. The molecular formula is C17H16FN3O. The first-order chi connectivity index (χ1) is 10.6. The van der Waals surface area contributed by atoms with Crippen LogP contribution in [0.2, 0.25) is 0 Å². The normalized spacial score (nSPS) is 10.8. The van der Waals surface area contributed by atoms with Gasteiger partial charge in [-0.25, -0.2) is 9.37 Å². The molecule has 22 heavy (non-hydrogen) atoms. The van der Waals surface area contributed by atoms with Crippen molar-refractivity contribution in [3.05, 3.63) is 60.2 Å². The second-order valence-corrected chi connectivity index (χ2v) is 5.17. The Balaban J connectivity index is 1.66. The van der Waals surface area contributed by atoms with Gasteiger partial charge in [-0.2, -0.15) is 0 Å². The molecule has 3 rings (SSSR count). The van der Waals surface area contributed by atoms with Crippen LogP contribution in [-0.2, 0) is 11.3 Å². The summed E-state index contributed by atoms with van der Waals surface area (Å²) in [6.07, 6.45) is 2.16. The third-order valence-corrected chi connectivity index (χ3v) is 3.47. The highest BCUT2D eigenvalue weighted by Gasteiger charge is 2.07. The van der Waals surface area contributed by atoms with Gasteiger partial charge in [0.25, 0.3) is 0 Å². The maximum atomic E-state index is 13.3. The minimum atomic E-state index is -0.277. The van der Waals surface area contributed by atoms with Crippen molar-refractivity contribution in [1.82, 2.24) is 9.55 Å². The fraction of sp³-hybridized carbons (Fsp3) is 0.176. The molecule has 4 nitrogen and oxygen atoms in total. The second kappa shape index (κ2) is 5.97. The van der Waals surface area contributed by atoms with Crippen LogP contribution in [0.25, 0.3) is 10.9 Å². The van der Waals surface area contributed by atoms with E-state index in [1.54, 1.807) is 12.1 Å². The summed E-state index contributed by atoms with van der Waals surface area (Å²) in [6.45, 7) is 2.36. The molecule has 0 spiro atoms. The largest absolute Gasteiger partial charge is 0.347 e. The van der Waals surface area contributed by atoms with Crippen molar-refractivity contribution in [2.75, 3.05) is 5.32 Å². The monoisotopic (exact) mass is 297 g/mol. The number of rotatable bonds is 4. The summed E-state index contributed by atoms with van der Waals surface area (Å²) in [5, 5.41) is 3.73. The molecule has 0 aliphatic rings. The van der Waals surface area contributed by atoms with Gasteiger partial charge in [0, 0.05) is 24.9 Å². The molecule has 0 unspecified atom stereocenters. The first-order valence-electron chi connectivity index (χ1n) is 7.10. The number of aromatic nitrogens is 2. The van der Waals surface area contributed by atoms with Crippen molar-refractivity contribution in [1.29, 1.82) is 0 Å². The Bertz CT molecular complexity index is 826. The average molecular weight is 297 g/mol. The molecule has 0 fully saturated rings. The lowest BCUT2D eigenvalue weighted by molar-refractivity contribution is -0.116. The van der Waals surface area contributed by atoms with Gasteiger partial charge in [0.05, 0.1) is 5.52 Å². The number of fused-ring (bicyclic) bond motifs is 1. The Kier molecular flexibility index (Phi) is 3.87. The Morgan fingerprint density at radius 1 is 1.27 bits per heavy atom. The van der Waals surface area contributed by atoms with Crippen molar-refractivity contribution in [2.24, 2.45) is 0 Å². The van der Waals surface area contributed by atoms with Crippen molar-refractivity contribution >= 4 is 22.6 Å². The lowest BCUT2D eigenvalue weighted by Gasteiger charge is -2.07. The van der Waals surface area contributed by atoms with Crippen molar-refractivity contribution in [3.63, 3.8) is 0 Å². The van der Waals surface area contributed by atoms with Crippen LogP contribution in [0.15, 0.2) is 48.7 Å². The van der Waals surface area contributed by atoms with Crippen LogP contribution >= 0.6 is 0 Å². The van der Waals surface area contributed by atoms with E-state index in [4.69, 9.17) is 0 Å². The zero-order valence-corrected chi connectivity index (χ0v) is 12.2. The molecule has 5 heteroatoms. The van der Waals surface area contributed by atoms with Crippen LogP contribution in [0, 0.1) is 12.7 Å². The minimum absolute atomic E-state index is 0.114. The smallest absolute Gasteiger partial charge is 0.227 e. The summed E-state index contributed by atoms with van der Waals surface area (Å²) in [7, 11) is 0. The summed E-state index contributed by atoms with van der Waals surface area (Å²) < 4.78 is 15.2. The SMILES string of the molecule is Cc1cccc(NC(=O)CCn2ccc3ccc(F)cc32)n1. The average Bonchev–Trinajstić information content (AvgIpc) is 2.87. The highest BCUT2D eigenvalue weighted by atomic mass is 19.1. The first kappa shape index (κ1) is 14.3. The predicted molar refractivity (Wildman–Crippen MR) is 84.1 cm³/mol. The van der Waals surface area contributed by atoms with E-state index in [1.165, 1.54) is 12.1 Å². The summed E-state index contributed by atoms with van der Waals surface area (Å²) in [6, 6.07) is 12.0. The summed E-state index contributed by atoms with van der Waals surface area (Å²) in [4.78, 5) is 16.2. The fourth-order valence-electron chi connectivity index (χ4n) is 2.39. The first-order valence-corrected chi connectivity index (χ1v) is 7.10. The molecule has 0 bridgehead atoms. The van der Waals surface area contributed by atoms with E-state index >= 15 is 0 Å². The van der Waals surface area contributed by atoms with Gasteiger partial charge in [-0.05, 0) is 48.7 Å². The number of aryl methyl sites for hydroxylation is 2. The summed E-state index contributed by atoms with van der Waals surface area (Å²) >= 11 is 0. The van der Waals surface area contributed by atoms with Gasteiger partial charge in [-0.15, -0.1) is 0 Å². The zero-order valence-electron chi connectivity index (χ0n) is 12.2. The number of hydrogen-bond acceptors (Lipinski definition) is 2. The van der Waals surface area contributed by atoms with E-state index in [9.17, 15) is 9.18 Å². The van der Waals surface area contributed by atoms with Crippen LogP contribution in [0.5, 0.6) is 0 Å². The Morgan fingerprint density at radius 3 is 2.95 bits per heavy atom. The molecular weight excluding hydrogens is 281 g/mol. The lowest BCUT2D eigenvalue weighted by Crippen LogP contribution is -2.15. The Labute approximate surface area is 127 Å². The van der Waals surface area contributed by atoms with Crippen molar-refractivity contribution < 1.29 is 9.18 Å². The third kappa shape index (κ3) is 3.14. The number of amides is 1. The molecule has 1 aromatic carbocycles. The number of hydrogen-bond donors (Lipinski definition) is 1. The number of carbonyl (C=O) groups excluding carboxylic acids is 1. The molecule has 3 aromatic rings. The van der Waals surface area contributed by atoms with Crippen LogP contribution in [-0.4, -0.2) is 15.5 Å². The number of carbonyl (C=O) groups is 1. The van der Waals surface area contributed by atoms with Gasteiger partial charge >= 0.3 is 0 Å². The molecule has 0 atom stereocenters.